The van der Waals surface area contributed by atoms with Gasteiger partial charge in [0, 0.05) is 20.0 Å². The first-order valence-corrected chi connectivity index (χ1v) is 9.07. The number of aromatic nitrogens is 1. The van der Waals surface area contributed by atoms with Gasteiger partial charge in [0.15, 0.2) is 0 Å². The minimum atomic E-state index is -0.549. The second-order valence-electron chi connectivity index (χ2n) is 6.88. The van der Waals surface area contributed by atoms with Gasteiger partial charge in [-0.1, -0.05) is 12.1 Å². The number of rotatable bonds is 5. The quantitative estimate of drug-likeness (QED) is 0.878. The van der Waals surface area contributed by atoms with Crippen LogP contribution in [0.15, 0.2) is 24.3 Å². The molecule has 136 valence electrons. The Hall–Kier alpha value is -2.15. The van der Waals surface area contributed by atoms with E-state index in [-0.39, 0.29) is 24.9 Å². The summed E-state index contributed by atoms with van der Waals surface area (Å²) in [4.78, 5) is 30.2. The molecule has 2 amide bonds. The van der Waals surface area contributed by atoms with Crippen molar-refractivity contribution in [3.63, 3.8) is 0 Å². The van der Waals surface area contributed by atoms with Crippen LogP contribution < -0.4 is 5.32 Å². The zero-order chi connectivity index (χ0) is 18.6. The topological polar surface area (TPSA) is 71.5 Å². The number of fused-ring (bicyclic) bond motifs is 1. The fourth-order valence-corrected chi connectivity index (χ4v) is 3.28. The molecule has 0 radical (unpaired) electrons. The number of alkyl carbamates (subject to hydrolysis) is 1. The molecule has 2 aromatic rings. The van der Waals surface area contributed by atoms with E-state index in [4.69, 9.17) is 4.74 Å². The van der Waals surface area contributed by atoms with Crippen molar-refractivity contribution < 1.29 is 14.3 Å². The number of thiazole rings is 1. The van der Waals surface area contributed by atoms with Crippen LogP contribution in [0.2, 0.25) is 0 Å². The molecule has 0 aliphatic heterocycles. The van der Waals surface area contributed by atoms with Crippen LogP contribution in [-0.2, 0) is 9.53 Å². The molecule has 0 spiro atoms. The number of carbonyl (C=O) groups excluding carboxylic acids is 2. The third kappa shape index (κ3) is 5.42. The molecule has 1 aromatic heterocycles. The maximum absolute atomic E-state index is 12.4. The predicted molar refractivity (Wildman–Crippen MR) is 99.7 cm³/mol. The Labute approximate surface area is 152 Å². The van der Waals surface area contributed by atoms with E-state index in [1.807, 2.05) is 31.2 Å². The van der Waals surface area contributed by atoms with E-state index >= 15 is 0 Å². The monoisotopic (exact) mass is 363 g/mol. The lowest BCUT2D eigenvalue weighted by atomic mass is 10.2. The lowest BCUT2D eigenvalue weighted by Crippen LogP contribution is -2.36. The second kappa shape index (κ2) is 7.82. The third-order valence-electron chi connectivity index (χ3n) is 3.65. The van der Waals surface area contributed by atoms with Crippen LogP contribution >= 0.6 is 11.3 Å². The van der Waals surface area contributed by atoms with Gasteiger partial charge in [0.25, 0.3) is 0 Å². The normalized spacial score (nSPS) is 12.7. The smallest absolute Gasteiger partial charge is 0.407 e. The number of hydrogen-bond donors (Lipinski definition) is 1. The van der Waals surface area contributed by atoms with Gasteiger partial charge in [0.2, 0.25) is 5.91 Å². The first-order chi connectivity index (χ1) is 11.7. The van der Waals surface area contributed by atoms with Crippen molar-refractivity contribution in [1.29, 1.82) is 0 Å². The lowest BCUT2D eigenvalue weighted by Gasteiger charge is -2.23. The van der Waals surface area contributed by atoms with Gasteiger partial charge < -0.3 is 15.0 Å². The van der Waals surface area contributed by atoms with Crippen LogP contribution in [0.5, 0.6) is 0 Å². The molecule has 6 nitrogen and oxygen atoms in total. The van der Waals surface area contributed by atoms with Gasteiger partial charge in [-0.15, -0.1) is 11.3 Å². The zero-order valence-electron chi connectivity index (χ0n) is 15.3. The summed E-state index contributed by atoms with van der Waals surface area (Å²) in [5.74, 6) is -0.0529. The van der Waals surface area contributed by atoms with Gasteiger partial charge in [0.1, 0.15) is 10.6 Å². The number of benzene rings is 1. The molecule has 0 bridgehead atoms. The van der Waals surface area contributed by atoms with Crippen molar-refractivity contribution in [3.8, 4) is 0 Å². The molecule has 0 saturated heterocycles. The largest absolute Gasteiger partial charge is 0.444 e. The molecule has 0 unspecified atom stereocenters. The second-order valence-corrected chi connectivity index (χ2v) is 7.94. The summed E-state index contributed by atoms with van der Waals surface area (Å²) in [6, 6.07) is 7.80. The number of amides is 2. The van der Waals surface area contributed by atoms with E-state index in [1.165, 1.54) is 0 Å². The van der Waals surface area contributed by atoms with Gasteiger partial charge >= 0.3 is 6.09 Å². The van der Waals surface area contributed by atoms with Crippen LogP contribution in [0, 0.1) is 0 Å². The number of nitrogens with zero attached hydrogens (tertiary/aromatic N) is 2. The molecule has 1 aromatic carbocycles. The number of nitrogens with one attached hydrogen (secondary N) is 1. The molecule has 25 heavy (non-hydrogen) atoms. The molecule has 0 fully saturated rings. The molecule has 1 N–H and O–H groups in total. The average Bonchev–Trinajstić information content (AvgIpc) is 2.95. The van der Waals surface area contributed by atoms with E-state index in [2.05, 4.69) is 10.3 Å². The van der Waals surface area contributed by atoms with Gasteiger partial charge in [-0.05, 0) is 39.8 Å². The molecular weight excluding hydrogens is 338 g/mol. The summed E-state index contributed by atoms with van der Waals surface area (Å²) >= 11 is 1.59. The summed E-state index contributed by atoms with van der Waals surface area (Å²) in [7, 11) is 1.76. The summed E-state index contributed by atoms with van der Waals surface area (Å²) in [5, 5.41) is 3.50. The fraction of sp³-hybridized carbons (Fsp3) is 0.500. The van der Waals surface area contributed by atoms with Crippen molar-refractivity contribution in [2.45, 2.75) is 45.8 Å². The van der Waals surface area contributed by atoms with Crippen molar-refractivity contribution in [2.75, 3.05) is 13.6 Å². The van der Waals surface area contributed by atoms with Gasteiger partial charge in [-0.2, -0.15) is 0 Å². The highest BCUT2D eigenvalue weighted by Gasteiger charge is 2.21. The summed E-state index contributed by atoms with van der Waals surface area (Å²) in [6.07, 6.45) is -0.299. The van der Waals surface area contributed by atoms with Crippen LogP contribution in [0.25, 0.3) is 10.2 Å². The van der Waals surface area contributed by atoms with E-state index in [1.54, 1.807) is 44.1 Å². The Kier molecular flexibility index (Phi) is 6.00. The van der Waals surface area contributed by atoms with Crippen molar-refractivity contribution >= 4 is 33.6 Å². The van der Waals surface area contributed by atoms with E-state index in [9.17, 15) is 9.59 Å². The first kappa shape index (κ1) is 19.2. The van der Waals surface area contributed by atoms with Gasteiger partial charge in [0.05, 0.1) is 16.3 Å². The van der Waals surface area contributed by atoms with Crippen molar-refractivity contribution in [3.05, 3.63) is 29.3 Å². The van der Waals surface area contributed by atoms with E-state index in [0.29, 0.717) is 0 Å². The van der Waals surface area contributed by atoms with E-state index in [0.717, 1.165) is 15.2 Å². The predicted octanol–water partition coefficient (Wildman–Crippen LogP) is 3.73. The first-order valence-electron chi connectivity index (χ1n) is 8.25. The molecule has 2 rings (SSSR count). The minimum absolute atomic E-state index is 0.0529. The standard InChI is InChI=1S/C18H25N3O3S/c1-12(16-20-13-8-6-7-9-14(13)25-16)21(5)15(22)10-11-19-17(23)24-18(2,3)4/h6-9,12H,10-11H2,1-5H3,(H,19,23)/t12-/m0/s1. The molecule has 7 heteroatoms. The third-order valence-corrected chi connectivity index (χ3v) is 4.86. The SMILES string of the molecule is C[C@@H](c1nc2ccccc2s1)N(C)C(=O)CCNC(=O)OC(C)(C)C. The summed E-state index contributed by atoms with van der Waals surface area (Å²) in [5.41, 5.74) is 0.397. The Bertz CT molecular complexity index is 718. The molecular formula is C18H25N3O3S. The fourth-order valence-electron chi connectivity index (χ4n) is 2.21. The van der Waals surface area contributed by atoms with Crippen molar-refractivity contribution in [2.24, 2.45) is 0 Å². The summed E-state index contributed by atoms with van der Waals surface area (Å²) < 4.78 is 6.26. The highest BCUT2D eigenvalue weighted by molar-refractivity contribution is 7.18. The number of hydrogen-bond acceptors (Lipinski definition) is 5. The maximum Gasteiger partial charge on any atom is 0.407 e. The molecule has 1 atom stereocenters. The van der Waals surface area contributed by atoms with Crippen LogP contribution in [0.3, 0.4) is 0 Å². The summed E-state index contributed by atoms with van der Waals surface area (Å²) in [6.45, 7) is 7.59. The zero-order valence-corrected chi connectivity index (χ0v) is 16.1. The van der Waals surface area contributed by atoms with Crippen LogP contribution in [0.1, 0.15) is 45.2 Å². The number of carbonyl (C=O) groups is 2. The Morgan fingerprint density at radius 1 is 1.32 bits per heavy atom. The van der Waals surface area contributed by atoms with Gasteiger partial charge in [-0.3, -0.25) is 4.79 Å². The van der Waals surface area contributed by atoms with E-state index < -0.39 is 11.7 Å². The highest BCUT2D eigenvalue weighted by Crippen LogP contribution is 2.28. The molecule has 0 aliphatic carbocycles. The Morgan fingerprint density at radius 2 is 2.00 bits per heavy atom. The Balaban J connectivity index is 1.87. The molecule has 0 saturated carbocycles. The number of para-hydroxylation sites is 1. The van der Waals surface area contributed by atoms with Crippen molar-refractivity contribution in [1.82, 2.24) is 15.2 Å². The average molecular weight is 363 g/mol. The molecule has 0 aliphatic rings. The highest BCUT2D eigenvalue weighted by atomic mass is 32.1. The molecule has 1 heterocycles. The lowest BCUT2D eigenvalue weighted by molar-refractivity contribution is -0.131. The Morgan fingerprint density at radius 3 is 2.64 bits per heavy atom. The van der Waals surface area contributed by atoms with Crippen LogP contribution in [-0.4, -0.2) is 41.1 Å². The number of ether oxygens (including phenoxy) is 1. The minimum Gasteiger partial charge on any atom is -0.444 e. The maximum atomic E-state index is 12.4. The van der Waals surface area contributed by atoms with Gasteiger partial charge in [-0.25, -0.2) is 9.78 Å². The van der Waals surface area contributed by atoms with Crippen LogP contribution in [0.4, 0.5) is 4.79 Å².